The first-order valence-corrected chi connectivity index (χ1v) is 10.6. The molecule has 3 aromatic carbocycles. The van der Waals surface area contributed by atoms with E-state index >= 15 is 0 Å². The second-order valence-corrected chi connectivity index (χ2v) is 7.61. The van der Waals surface area contributed by atoms with Crippen molar-refractivity contribution in [1.29, 1.82) is 0 Å². The van der Waals surface area contributed by atoms with E-state index in [1.807, 2.05) is 30.3 Å². The third kappa shape index (κ3) is 7.04. The Hall–Kier alpha value is -3.92. The van der Waals surface area contributed by atoms with Gasteiger partial charge in [-0.3, -0.25) is 20.3 Å². The maximum absolute atomic E-state index is 12.1. The molecule has 0 aliphatic carbocycles. The van der Waals surface area contributed by atoms with Crippen molar-refractivity contribution in [3.05, 3.63) is 92.4 Å². The van der Waals surface area contributed by atoms with Crippen LogP contribution < -0.4 is 20.2 Å². The van der Waals surface area contributed by atoms with Gasteiger partial charge < -0.3 is 14.8 Å². The molecule has 170 valence electrons. The van der Waals surface area contributed by atoms with E-state index in [9.17, 15) is 14.9 Å². The van der Waals surface area contributed by atoms with E-state index in [2.05, 4.69) is 31.8 Å². The van der Waals surface area contributed by atoms with Gasteiger partial charge >= 0.3 is 0 Å². The number of ether oxygens (including phenoxy) is 2. The largest absolute Gasteiger partial charge is 0.493 e. The van der Waals surface area contributed by atoms with E-state index < -0.39 is 4.92 Å². The van der Waals surface area contributed by atoms with Gasteiger partial charge in [-0.15, -0.1) is 0 Å². The molecule has 0 saturated heterocycles. The Bertz CT molecular complexity index is 1140. The summed E-state index contributed by atoms with van der Waals surface area (Å²) in [5.74, 6) is 0.565. The zero-order valence-electron chi connectivity index (χ0n) is 17.7. The van der Waals surface area contributed by atoms with Crippen LogP contribution in [0.4, 0.5) is 11.4 Å². The first-order valence-electron chi connectivity index (χ1n) is 9.80. The van der Waals surface area contributed by atoms with Crippen molar-refractivity contribution in [3.63, 3.8) is 0 Å². The minimum Gasteiger partial charge on any atom is -0.493 e. The number of hydrazone groups is 1. The van der Waals surface area contributed by atoms with Crippen LogP contribution in [0.1, 0.15) is 11.1 Å². The lowest BCUT2D eigenvalue weighted by molar-refractivity contribution is -0.384. The molecule has 0 bridgehead atoms. The van der Waals surface area contributed by atoms with Crippen LogP contribution in [0.3, 0.4) is 0 Å². The van der Waals surface area contributed by atoms with Crippen molar-refractivity contribution in [3.8, 4) is 11.5 Å². The molecule has 0 unspecified atom stereocenters. The fourth-order valence-corrected chi connectivity index (χ4v) is 3.35. The van der Waals surface area contributed by atoms with Crippen LogP contribution in [0.5, 0.6) is 11.5 Å². The van der Waals surface area contributed by atoms with Gasteiger partial charge in [-0.2, -0.15) is 5.10 Å². The quantitative estimate of drug-likeness (QED) is 0.234. The maximum Gasteiger partial charge on any atom is 0.269 e. The molecule has 0 aliphatic rings. The SMILES string of the molecule is COc1cc(C=NNc2ccc([N+](=O)[O-])cc2)cc(Br)c1OCC(=O)NCc1ccccc1. The number of non-ortho nitro benzene ring substituents is 1. The maximum atomic E-state index is 12.1. The molecule has 1 amide bonds. The zero-order valence-corrected chi connectivity index (χ0v) is 19.2. The Morgan fingerprint density at radius 2 is 1.88 bits per heavy atom. The van der Waals surface area contributed by atoms with Gasteiger partial charge in [0, 0.05) is 18.7 Å². The summed E-state index contributed by atoms with van der Waals surface area (Å²) in [5, 5.41) is 17.7. The van der Waals surface area contributed by atoms with Crippen molar-refractivity contribution < 1.29 is 19.2 Å². The van der Waals surface area contributed by atoms with Gasteiger partial charge in [0.05, 0.1) is 28.4 Å². The Morgan fingerprint density at radius 1 is 1.15 bits per heavy atom. The number of nitrogens with zero attached hydrogens (tertiary/aromatic N) is 2. The average Bonchev–Trinajstić information content (AvgIpc) is 2.82. The molecule has 0 heterocycles. The molecule has 3 aromatic rings. The summed E-state index contributed by atoms with van der Waals surface area (Å²) in [5.41, 5.74) is 5.11. The van der Waals surface area contributed by atoms with Gasteiger partial charge in [0.2, 0.25) is 0 Å². The van der Waals surface area contributed by atoms with E-state index in [-0.39, 0.29) is 18.2 Å². The van der Waals surface area contributed by atoms with Crippen LogP contribution in [-0.2, 0) is 11.3 Å². The van der Waals surface area contributed by atoms with E-state index in [0.717, 1.165) is 5.56 Å². The van der Waals surface area contributed by atoms with E-state index in [0.29, 0.717) is 33.8 Å². The lowest BCUT2D eigenvalue weighted by Crippen LogP contribution is -2.28. The zero-order chi connectivity index (χ0) is 23.6. The minimum absolute atomic E-state index is 0.00235. The number of hydrogen-bond acceptors (Lipinski definition) is 7. The highest BCUT2D eigenvalue weighted by Crippen LogP contribution is 2.36. The number of halogens is 1. The third-order valence-corrected chi connectivity index (χ3v) is 5.01. The van der Waals surface area contributed by atoms with Crippen molar-refractivity contribution in [2.45, 2.75) is 6.54 Å². The number of methoxy groups -OCH3 is 1. The normalized spacial score (nSPS) is 10.6. The molecule has 0 radical (unpaired) electrons. The number of amides is 1. The van der Waals surface area contributed by atoms with Crippen LogP contribution in [0, 0.1) is 10.1 Å². The summed E-state index contributed by atoms with van der Waals surface area (Å²) in [7, 11) is 1.50. The molecular weight excluding hydrogens is 492 g/mol. The number of carbonyl (C=O) groups excluding carboxylic acids is 1. The van der Waals surface area contributed by atoms with Crippen LogP contribution in [0.25, 0.3) is 0 Å². The summed E-state index contributed by atoms with van der Waals surface area (Å²) >= 11 is 3.44. The number of carbonyl (C=O) groups is 1. The first kappa shape index (κ1) is 23.7. The Morgan fingerprint density at radius 3 is 2.55 bits per heavy atom. The Balaban J connectivity index is 1.58. The number of rotatable bonds is 10. The Kier molecular flexibility index (Phi) is 8.36. The van der Waals surface area contributed by atoms with E-state index in [1.165, 1.54) is 19.2 Å². The predicted molar refractivity (Wildman–Crippen MR) is 129 cm³/mol. The molecule has 0 atom stereocenters. The smallest absolute Gasteiger partial charge is 0.269 e. The monoisotopic (exact) mass is 512 g/mol. The van der Waals surface area contributed by atoms with Crippen LogP contribution >= 0.6 is 15.9 Å². The van der Waals surface area contributed by atoms with Crippen LogP contribution in [0.2, 0.25) is 0 Å². The fraction of sp³-hybridized carbons (Fsp3) is 0.130. The molecule has 0 aliphatic heterocycles. The lowest BCUT2D eigenvalue weighted by atomic mass is 10.2. The van der Waals surface area contributed by atoms with Crippen molar-refractivity contribution in [2.75, 3.05) is 19.1 Å². The second-order valence-electron chi connectivity index (χ2n) is 6.76. The number of nitro benzene ring substituents is 1. The van der Waals surface area contributed by atoms with Crippen molar-refractivity contribution in [1.82, 2.24) is 5.32 Å². The topological polar surface area (TPSA) is 115 Å². The summed E-state index contributed by atoms with van der Waals surface area (Å²) < 4.78 is 11.7. The predicted octanol–water partition coefficient (Wildman–Crippen LogP) is 4.51. The number of nitrogens with one attached hydrogen (secondary N) is 2. The minimum atomic E-state index is -0.465. The van der Waals surface area contributed by atoms with Crippen LogP contribution in [-0.4, -0.2) is 30.8 Å². The molecule has 2 N–H and O–H groups in total. The molecule has 0 fully saturated rings. The van der Waals surface area contributed by atoms with Gasteiger partial charge in [-0.05, 0) is 51.3 Å². The molecule has 33 heavy (non-hydrogen) atoms. The molecule has 10 heteroatoms. The number of hydrogen-bond donors (Lipinski definition) is 2. The van der Waals surface area contributed by atoms with Gasteiger partial charge in [0.25, 0.3) is 11.6 Å². The first-order chi connectivity index (χ1) is 16.0. The summed E-state index contributed by atoms with van der Waals surface area (Å²) in [4.78, 5) is 22.4. The van der Waals surface area contributed by atoms with Crippen molar-refractivity contribution >= 4 is 39.4 Å². The second kappa shape index (κ2) is 11.6. The molecule has 0 aromatic heterocycles. The summed E-state index contributed by atoms with van der Waals surface area (Å²) in [6, 6.07) is 19.0. The third-order valence-electron chi connectivity index (χ3n) is 4.42. The number of anilines is 1. The number of benzene rings is 3. The van der Waals surface area contributed by atoms with E-state index in [4.69, 9.17) is 9.47 Å². The van der Waals surface area contributed by atoms with Crippen LogP contribution in [0.15, 0.2) is 76.3 Å². The standard InChI is InChI=1S/C23H21BrN4O5/c1-32-21-12-17(14-26-27-18-7-9-19(10-8-18)28(30)31)11-20(24)23(21)33-15-22(29)25-13-16-5-3-2-4-6-16/h2-12,14,27H,13,15H2,1H3,(H,25,29). The van der Waals surface area contributed by atoms with Gasteiger partial charge in [0.1, 0.15) is 0 Å². The molecule has 0 spiro atoms. The van der Waals surface area contributed by atoms with Gasteiger partial charge in [-0.1, -0.05) is 30.3 Å². The van der Waals surface area contributed by atoms with Gasteiger partial charge in [-0.25, -0.2) is 0 Å². The van der Waals surface area contributed by atoms with Crippen molar-refractivity contribution in [2.24, 2.45) is 5.10 Å². The van der Waals surface area contributed by atoms with Gasteiger partial charge in [0.15, 0.2) is 18.1 Å². The number of nitro groups is 1. The summed E-state index contributed by atoms with van der Waals surface area (Å²) in [6.07, 6.45) is 1.56. The molecule has 9 nitrogen and oxygen atoms in total. The fourth-order valence-electron chi connectivity index (χ4n) is 2.78. The Labute approximate surface area is 198 Å². The summed E-state index contributed by atoms with van der Waals surface area (Å²) in [6.45, 7) is 0.245. The highest BCUT2D eigenvalue weighted by molar-refractivity contribution is 9.10. The average molecular weight is 513 g/mol. The highest BCUT2D eigenvalue weighted by Gasteiger charge is 2.13. The molecule has 3 rings (SSSR count). The highest BCUT2D eigenvalue weighted by atomic mass is 79.9. The molecular formula is C23H21BrN4O5. The lowest BCUT2D eigenvalue weighted by Gasteiger charge is -2.13. The van der Waals surface area contributed by atoms with E-state index in [1.54, 1.807) is 30.5 Å². The molecule has 0 saturated carbocycles.